The Hall–Kier alpha value is -3.57. The molecule has 0 aliphatic rings. The van der Waals surface area contributed by atoms with E-state index >= 15 is 0 Å². The van der Waals surface area contributed by atoms with E-state index in [4.69, 9.17) is 13.6 Å². The maximum absolute atomic E-state index is 12.8. The van der Waals surface area contributed by atoms with Crippen LogP contribution >= 0.6 is 23.1 Å². The quantitative estimate of drug-likeness (QED) is 0.179. The van der Waals surface area contributed by atoms with Crippen molar-refractivity contribution in [3.63, 3.8) is 0 Å². The summed E-state index contributed by atoms with van der Waals surface area (Å²) in [6.07, 6.45) is 4.85. The minimum atomic E-state index is -0.524. The molecule has 0 aromatic carbocycles. The van der Waals surface area contributed by atoms with Crippen LogP contribution in [0, 0.1) is 6.92 Å². The summed E-state index contributed by atoms with van der Waals surface area (Å²) in [5.74, 6) is 1.13. The molecule has 0 saturated carbocycles. The predicted octanol–water partition coefficient (Wildman–Crippen LogP) is 5.26. The van der Waals surface area contributed by atoms with Crippen molar-refractivity contribution in [3.8, 4) is 22.7 Å². The highest BCUT2D eigenvalue weighted by atomic mass is 32.2. The zero-order valence-electron chi connectivity index (χ0n) is 18.6. The molecule has 11 heteroatoms. The number of esters is 1. The van der Waals surface area contributed by atoms with Gasteiger partial charge in [0.1, 0.15) is 22.1 Å². The number of amides is 1. The van der Waals surface area contributed by atoms with Gasteiger partial charge in [-0.1, -0.05) is 17.8 Å². The van der Waals surface area contributed by atoms with E-state index in [1.54, 1.807) is 36.8 Å². The van der Waals surface area contributed by atoms with Gasteiger partial charge >= 0.3 is 5.97 Å². The van der Waals surface area contributed by atoms with Gasteiger partial charge in [0, 0.05) is 17.5 Å². The van der Waals surface area contributed by atoms with Crippen LogP contribution < -0.4 is 5.32 Å². The number of anilines is 1. The molecule has 4 heterocycles. The zero-order valence-corrected chi connectivity index (χ0v) is 20.2. The Morgan fingerprint density at radius 2 is 2.12 bits per heavy atom. The van der Waals surface area contributed by atoms with E-state index in [9.17, 15) is 9.59 Å². The number of thioether (sulfide) groups is 1. The monoisotopic (exact) mass is 498 g/mol. The minimum absolute atomic E-state index is 0.0654. The summed E-state index contributed by atoms with van der Waals surface area (Å²) < 4.78 is 17.9. The van der Waals surface area contributed by atoms with Gasteiger partial charge in [-0.05, 0) is 32.0 Å². The second-order valence-corrected chi connectivity index (χ2v) is 8.81. The lowest BCUT2D eigenvalue weighted by Crippen LogP contribution is -2.16. The molecule has 0 aliphatic carbocycles. The topological polar surface area (TPSA) is 112 Å². The van der Waals surface area contributed by atoms with Crippen LogP contribution in [0.2, 0.25) is 0 Å². The Morgan fingerprint density at radius 1 is 1.26 bits per heavy atom. The van der Waals surface area contributed by atoms with Gasteiger partial charge in [-0.15, -0.1) is 28.1 Å². The average Bonchev–Trinajstić information content (AvgIpc) is 3.60. The molecule has 1 amide bonds. The first-order valence-electron chi connectivity index (χ1n) is 10.4. The van der Waals surface area contributed by atoms with Crippen molar-refractivity contribution in [1.82, 2.24) is 14.8 Å². The normalized spacial score (nSPS) is 10.9. The lowest BCUT2D eigenvalue weighted by Gasteiger charge is -2.09. The third-order valence-electron chi connectivity index (χ3n) is 4.77. The van der Waals surface area contributed by atoms with Gasteiger partial charge in [0.15, 0.2) is 11.0 Å². The molecule has 0 radical (unpaired) electrons. The number of nitrogens with one attached hydrogen (secondary N) is 1. The number of thiophene rings is 1. The van der Waals surface area contributed by atoms with Gasteiger partial charge in [0.2, 0.25) is 5.91 Å². The predicted molar refractivity (Wildman–Crippen MR) is 130 cm³/mol. The number of nitrogens with zero attached hydrogens (tertiary/aromatic N) is 3. The third kappa shape index (κ3) is 4.85. The highest BCUT2D eigenvalue weighted by Gasteiger charge is 2.24. The van der Waals surface area contributed by atoms with E-state index in [0.29, 0.717) is 33.9 Å². The number of carbonyl (C=O) groups is 2. The molecule has 9 nitrogen and oxygen atoms in total. The summed E-state index contributed by atoms with van der Waals surface area (Å²) in [6.45, 7) is 8.06. The summed E-state index contributed by atoms with van der Waals surface area (Å²) in [6, 6.07) is 5.30. The number of hydrogen-bond donors (Lipinski definition) is 1. The van der Waals surface area contributed by atoms with Crippen LogP contribution in [0.15, 0.2) is 62.8 Å². The van der Waals surface area contributed by atoms with E-state index in [0.717, 1.165) is 11.3 Å². The molecule has 0 aliphatic heterocycles. The Kier molecular flexibility index (Phi) is 7.33. The van der Waals surface area contributed by atoms with E-state index in [2.05, 4.69) is 22.1 Å². The van der Waals surface area contributed by atoms with Crippen LogP contribution in [0.3, 0.4) is 0 Å². The smallest absolute Gasteiger partial charge is 0.341 e. The molecule has 34 heavy (non-hydrogen) atoms. The fraction of sp³-hybridized carbons (Fsp3) is 0.217. The number of aromatic nitrogens is 3. The van der Waals surface area contributed by atoms with Crippen LogP contribution in [-0.2, 0) is 16.1 Å². The van der Waals surface area contributed by atoms with Crippen LogP contribution in [-0.4, -0.2) is 39.0 Å². The molecule has 4 aromatic rings. The molecule has 4 aromatic heterocycles. The first-order chi connectivity index (χ1) is 16.5. The summed E-state index contributed by atoms with van der Waals surface area (Å²) in [5.41, 5.74) is 1.67. The molecule has 176 valence electrons. The molecule has 1 N–H and O–H groups in total. The van der Waals surface area contributed by atoms with Crippen LogP contribution in [0.1, 0.15) is 23.0 Å². The van der Waals surface area contributed by atoms with Gasteiger partial charge in [-0.2, -0.15) is 0 Å². The van der Waals surface area contributed by atoms with Crippen molar-refractivity contribution in [3.05, 3.63) is 60.1 Å². The lowest BCUT2D eigenvalue weighted by atomic mass is 10.1. The van der Waals surface area contributed by atoms with Gasteiger partial charge in [-0.3, -0.25) is 9.36 Å². The standard InChI is InChI=1S/C23H22N4O5S2/c1-4-9-27-20(15-8-11-31-14(15)3)25-26-23(27)34-13-18(28)24-21-19(22(29)30-5-2)16(12-33-21)17-7-6-10-32-17/h4,6-8,10-12H,1,5,9,13H2,2-3H3,(H,24,28). The maximum atomic E-state index is 12.8. The molecule has 0 fully saturated rings. The Bertz CT molecular complexity index is 1300. The number of ether oxygens (including phenoxy) is 1. The molecule has 0 unspecified atom stereocenters. The number of rotatable bonds is 10. The van der Waals surface area contributed by atoms with E-state index in [1.165, 1.54) is 29.4 Å². The molecule has 4 rings (SSSR count). The minimum Gasteiger partial charge on any atom is -0.469 e. The van der Waals surface area contributed by atoms with Crippen LogP contribution in [0.25, 0.3) is 22.7 Å². The van der Waals surface area contributed by atoms with E-state index in [-0.39, 0.29) is 23.8 Å². The number of furan rings is 2. The summed E-state index contributed by atoms with van der Waals surface area (Å²) in [5, 5.41) is 14.1. The van der Waals surface area contributed by atoms with Crippen molar-refractivity contribution in [1.29, 1.82) is 0 Å². The van der Waals surface area contributed by atoms with Gasteiger partial charge in [0.25, 0.3) is 0 Å². The SMILES string of the molecule is C=CCn1c(SCC(=O)Nc2scc(-c3ccco3)c2C(=O)OCC)nnc1-c1ccoc1C. The Balaban J connectivity index is 1.51. The number of hydrogen-bond acceptors (Lipinski definition) is 9. The fourth-order valence-electron chi connectivity index (χ4n) is 3.27. The first-order valence-corrected chi connectivity index (χ1v) is 12.2. The van der Waals surface area contributed by atoms with Crippen molar-refractivity contribution < 1.29 is 23.2 Å². The van der Waals surface area contributed by atoms with Crippen molar-refractivity contribution in [2.45, 2.75) is 25.5 Å². The maximum Gasteiger partial charge on any atom is 0.341 e. The van der Waals surface area contributed by atoms with Gasteiger partial charge < -0.3 is 18.9 Å². The van der Waals surface area contributed by atoms with E-state index < -0.39 is 5.97 Å². The Morgan fingerprint density at radius 3 is 2.79 bits per heavy atom. The van der Waals surface area contributed by atoms with Crippen molar-refractivity contribution in [2.24, 2.45) is 0 Å². The van der Waals surface area contributed by atoms with Crippen LogP contribution in [0.4, 0.5) is 5.00 Å². The highest BCUT2D eigenvalue weighted by molar-refractivity contribution is 7.99. The lowest BCUT2D eigenvalue weighted by molar-refractivity contribution is -0.113. The molecule has 0 atom stereocenters. The Labute approximate surface area is 203 Å². The largest absolute Gasteiger partial charge is 0.469 e. The summed E-state index contributed by atoms with van der Waals surface area (Å²) in [7, 11) is 0. The van der Waals surface area contributed by atoms with Crippen molar-refractivity contribution >= 4 is 40.0 Å². The van der Waals surface area contributed by atoms with Gasteiger partial charge in [-0.25, -0.2) is 4.79 Å². The number of aryl methyl sites for hydroxylation is 1. The van der Waals surface area contributed by atoms with E-state index in [1.807, 2.05) is 17.6 Å². The second-order valence-electron chi connectivity index (χ2n) is 6.98. The second kappa shape index (κ2) is 10.6. The first kappa shape index (κ1) is 23.6. The molecule has 0 bridgehead atoms. The summed E-state index contributed by atoms with van der Waals surface area (Å²) in [4.78, 5) is 25.4. The van der Waals surface area contributed by atoms with Crippen molar-refractivity contribution in [2.75, 3.05) is 17.7 Å². The zero-order chi connectivity index (χ0) is 24.1. The third-order valence-corrected chi connectivity index (χ3v) is 6.63. The molecule has 0 saturated heterocycles. The number of carbonyl (C=O) groups excluding carboxylic acids is 2. The molecular weight excluding hydrogens is 476 g/mol. The fourth-order valence-corrected chi connectivity index (χ4v) is 4.97. The summed E-state index contributed by atoms with van der Waals surface area (Å²) >= 11 is 2.47. The van der Waals surface area contributed by atoms with Crippen LogP contribution in [0.5, 0.6) is 0 Å². The molecule has 0 spiro atoms. The average molecular weight is 499 g/mol. The highest BCUT2D eigenvalue weighted by Crippen LogP contribution is 2.36. The van der Waals surface area contributed by atoms with Gasteiger partial charge in [0.05, 0.1) is 30.4 Å². The molecular formula is C23H22N4O5S2. The number of allylic oxidation sites excluding steroid dienone is 1.